The number of anilines is 1. The number of aromatic nitrogens is 1. The molecule has 0 aliphatic heterocycles. The molecule has 0 radical (unpaired) electrons. The second-order valence-electron chi connectivity index (χ2n) is 6.60. The molecule has 4 aromatic rings. The van der Waals surface area contributed by atoms with E-state index >= 15 is 0 Å². The quantitative estimate of drug-likeness (QED) is 0.522. The first-order chi connectivity index (χ1) is 13.9. The van der Waals surface area contributed by atoms with Crippen molar-refractivity contribution < 1.29 is 13.2 Å². The number of benzene rings is 3. The van der Waals surface area contributed by atoms with Crippen LogP contribution in [-0.4, -0.2) is 19.0 Å². The zero-order valence-electron chi connectivity index (χ0n) is 15.7. The molecule has 0 aliphatic rings. The summed E-state index contributed by atoms with van der Waals surface area (Å²) in [6.45, 7) is 1.40. The smallest absolute Gasteiger partial charge is 0.275 e. The van der Waals surface area contributed by atoms with Crippen LogP contribution in [0.25, 0.3) is 22.0 Å². The minimum Gasteiger partial charge on any atom is -0.326 e. The molecule has 2 N–H and O–H groups in total. The lowest BCUT2D eigenvalue weighted by Crippen LogP contribution is -2.22. The molecule has 0 atom stereocenters. The molecule has 7 heteroatoms. The molecule has 0 fully saturated rings. The number of para-hydroxylation sites is 1. The highest BCUT2D eigenvalue weighted by molar-refractivity contribution is 7.92. The van der Waals surface area contributed by atoms with Crippen LogP contribution < -0.4 is 10.1 Å². The van der Waals surface area contributed by atoms with Crippen molar-refractivity contribution in [1.82, 2.24) is 4.68 Å². The fourth-order valence-corrected chi connectivity index (χ4v) is 4.22. The number of carbonyl (C=O) groups excluding carboxylic acids is 1. The molecular formula is C22H19N3O3S. The van der Waals surface area contributed by atoms with Crippen molar-refractivity contribution in [1.29, 1.82) is 0 Å². The summed E-state index contributed by atoms with van der Waals surface area (Å²) in [6, 6.07) is 23.4. The highest BCUT2D eigenvalue weighted by atomic mass is 32.2. The number of amides is 1. The number of rotatable bonds is 5. The van der Waals surface area contributed by atoms with E-state index in [1.54, 1.807) is 18.3 Å². The zero-order chi connectivity index (χ0) is 20.4. The highest BCUT2D eigenvalue weighted by Gasteiger charge is 2.17. The molecule has 0 saturated carbocycles. The van der Waals surface area contributed by atoms with E-state index in [0.29, 0.717) is 5.69 Å². The highest BCUT2D eigenvalue weighted by Crippen LogP contribution is 2.30. The van der Waals surface area contributed by atoms with Gasteiger partial charge in [0.2, 0.25) is 5.91 Å². The van der Waals surface area contributed by atoms with Gasteiger partial charge in [-0.3, -0.25) is 9.47 Å². The second kappa shape index (κ2) is 7.44. The average molecular weight is 405 g/mol. The summed E-state index contributed by atoms with van der Waals surface area (Å²) in [5, 5.41) is 3.57. The Hall–Kier alpha value is -3.58. The van der Waals surface area contributed by atoms with Crippen LogP contribution in [0.3, 0.4) is 0 Å². The van der Waals surface area contributed by atoms with Crippen LogP contribution in [0.5, 0.6) is 0 Å². The molecule has 0 spiro atoms. The van der Waals surface area contributed by atoms with Crippen LogP contribution >= 0.6 is 0 Å². The topological polar surface area (TPSA) is 80.2 Å². The summed E-state index contributed by atoms with van der Waals surface area (Å²) in [6.07, 6.45) is 1.78. The van der Waals surface area contributed by atoms with E-state index in [2.05, 4.69) is 10.1 Å². The Morgan fingerprint density at radius 3 is 2.21 bits per heavy atom. The van der Waals surface area contributed by atoms with E-state index < -0.39 is 10.0 Å². The van der Waals surface area contributed by atoms with Gasteiger partial charge < -0.3 is 5.32 Å². The van der Waals surface area contributed by atoms with Crippen molar-refractivity contribution in [2.24, 2.45) is 0 Å². The third-order valence-electron chi connectivity index (χ3n) is 4.50. The maximum absolute atomic E-state index is 12.9. The predicted octanol–water partition coefficient (Wildman–Crippen LogP) is 4.20. The molecule has 1 aromatic heterocycles. The van der Waals surface area contributed by atoms with Crippen LogP contribution in [0.2, 0.25) is 0 Å². The molecule has 146 valence electrons. The first kappa shape index (κ1) is 18.8. The Bertz CT molecular complexity index is 1280. The fourth-order valence-electron chi connectivity index (χ4n) is 3.21. The van der Waals surface area contributed by atoms with E-state index in [1.165, 1.54) is 23.7 Å². The SMILES string of the molecule is CC(=O)Nc1ccc(S(=O)(=O)Nn2cc(-c3ccccc3)c3ccccc32)cc1. The van der Waals surface area contributed by atoms with E-state index in [-0.39, 0.29) is 10.8 Å². The number of hydrogen-bond donors (Lipinski definition) is 2. The lowest BCUT2D eigenvalue weighted by Gasteiger charge is -2.11. The molecule has 4 rings (SSSR count). The fraction of sp³-hybridized carbons (Fsp3) is 0.0455. The summed E-state index contributed by atoms with van der Waals surface area (Å²) in [7, 11) is -3.82. The van der Waals surface area contributed by atoms with Crippen molar-refractivity contribution in [2.75, 3.05) is 10.1 Å². The molecule has 3 aromatic carbocycles. The lowest BCUT2D eigenvalue weighted by atomic mass is 10.1. The van der Waals surface area contributed by atoms with Gasteiger partial charge in [0.25, 0.3) is 10.0 Å². The Morgan fingerprint density at radius 1 is 0.862 bits per heavy atom. The second-order valence-corrected chi connectivity index (χ2v) is 8.26. The Labute approximate surface area is 168 Å². The van der Waals surface area contributed by atoms with E-state index in [0.717, 1.165) is 22.0 Å². The maximum atomic E-state index is 12.9. The minimum atomic E-state index is -3.82. The van der Waals surface area contributed by atoms with Crippen molar-refractivity contribution in [3.05, 3.63) is 85.1 Å². The van der Waals surface area contributed by atoms with Crippen molar-refractivity contribution in [3.8, 4) is 11.1 Å². The predicted molar refractivity (Wildman–Crippen MR) is 115 cm³/mol. The van der Waals surface area contributed by atoms with Gasteiger partial charge in [-0.1, -0.05) is 48.5 Å². The number of sulfonamides is 1. The molecule has 0 unspecified atom stereocenters. The van der Waals surface area contributed by atoms with Gasteiger partial charge in [0.15, 0.2) is 0 Å². The van der Waals surface area contributed by atoms with Crippen LogP contribution in [-0.2, 0) is 14.8 Å². The Kier molecular flexibility index (Phi) is 4.82. The van der Waals surface area contributed by atoms with Crippen molar-refractivity contribution in [3.63, 3.8) is 0 Å². The summed E-state index contributed by atoms with van der Waals surface area (Å²) in [4.78, 5) is 13.9. The average Bonchev–Trinajstić information content (AvgIpc) is 3.07. The number of fused-ring (bicyclic) bond motifs is 1. The first-order valence-electron chi connectivity index (χ1n) is 9.00. The van der Waals surface area contributed by atoms with Gasteiger partial charge in [-0.15, -0.1) is 0 Å². The Balaban J connectivity index is 1.71. The summed E-state index contributed by atoms with van der Waals surface area (Å²) in [5.41, 5.74) is 3.23. The van der Waals surface area contributed by atoms with Gasteiger partial charge >= 0.3 is 0 Å². The van der Waals surface area contributed by atoms with Crippen molar-refractivity contribution in [2.45, 2.75) is 11.8 Å². The summed E-state index contributed by atoms with van der Waals surface area (Å²) >= 11 is 0. The van der Waals surface area contributed by atoms with E-state index in [9.17, 15) is 13.2 Å². The number of nitrogens with one attached hydrogen (secondary N) is 2. The van der Waals surface area contributed by atoms with Gasteiger partial charge in [-0.05, 0) is 35.9 Å². The van der Waals surface area contributed by atoms with Gasteiger partial charge in [-0.2, -0.15) is 8.42 Å². The molecular weight excluding hydrogens is 386 g/mol. The standard InChI is InChI=1S/C22H19N3O3S/c1-16(26)23-18-11-13-19(14-12-18)29(27,28)24-25-15-21(17-7-3-2-4-8-17)20-9-5-6-10-22(20)25/h2-15,24H,1H3,(H,23,26). The first-order valence-corrected chi connectivity index (χ1v) is 10.5. The van der Waals surface area contributed by atoms with Gasteiger partial charge in [-0.25, -0.2) is 4.83 Å². The normalized spacial score (nSPS) is 11.3. The minimum absolute atomic E-state index is 0.102. The van der Waals surface area contributed by atoms with Crippen molar-refractivity contribution >= 4 is 32.5 Å². The lowest BCUT2D eigenvalue weighted by molar-refractivity contribution is -0.114. The summed E-state index contributed by atoms with van der Waals surface area (Å²) in [5.74, 6) is -0.217. The molecule has 6 nitrogen and oxygen atoms in total. The molecule has 0 aliphatic carbocycles. The largest absolute Gasteiger partial charge is 0.326 e. The third kappa shape index (κ3) is 3.86. The molecule has 0 bridgehead atoms. The van der Waals surface area contributed by atoms with Crippen LogP contribution in [0.15, 0.2) is 90.0 Å². The number of nitrogens with zero attached hydrogens (tertiary/aromatic N) is 1. The molecule has 1 amide bonds. The maximum Gasteiger partial charge on any atom is 0.275 e. The van der Waals surface area contributed by atoms with Crippen LogP contribution in [0, 0.1) is 0 Å². The van der Waals surface area contributed by atoms with Gasteiger partial charge in [0.05, 0.1) is 10.4 Å². The van der Waals surface area contributed by atoms with Gasteiger partial charge in [0, 0.05) is 29.8 Å². The zero-order valence-corrected chi connectivity index (χ0v) is 16.5. The molecule has 0 saturated heterocycles. The molecule has 29 heavy (non-hydrogen) atoms. The Morgan fingerprint density at radius 2 is 1.52 bits per heavy atom. The number of carbonyl (C=O) groups is 1. The van der Waals surface area contributed by atoms with E-state index in [1.807, 2.05) is 54.6 Å². The third-order valence-corrected chi connectivity index (χ3v) is 5.83. The van der Waals surface area contributed by atoms with Crippen LogP contribution in [0.1, 0.15) is 6.92 Å². The molecule has 1 heterocycles. The van der Waals surface area contributed by atoms with Gasteiger partial charge in [0.1, 0.15) is 0 Å². The van der Waals surface area contributed by atoms with Crippen LogP contribution in [0.4, 0.5) is 5.69 Å². The summed E-state index contributed by atoms with van der Waals surface area (Å²) < 4.78 is 27.3. The van der Waals surface area contributed by atoms with E-state index in [4.69, 9.17) is 0 Å². The monoisotopic (exact) mass is 405 g/mol. The number of hydrogen-bond acceptors (Lipinski definition) is 3.